The Balaban J connectivity index is 1.78. The summed E-state index contributed by atoms with van der Waals surface area (Å²) in [6.45, 7) is 14.4. The van der Waals surface area contributed by atoms with Crippen LogP contribution >= 0.6 is 0 Å². The van der Waals surface area contributed by atoms with E-state index in [4.69, 9.17) is 0 Å². The summed E-state index contributed by atoms with van der Waals surface area (Å²) in [6.07, 6.45) is 0. The molecular weight excluding hydrogens is 336 g/mol. The lowest BCUT2D eigenvalue weighted by atomic mass is 9.67. The molecule has 0 radical (unpaired) electrons. The lowest BCUT2D eigenvalue weighted by molar-refractivity contribution is 0.309. The summed E-state index contributed by atoms with van der Waals surface area (Å²) in [4.78, 5) is 0. The molecule has 0 heterocycles. The van der Waals surface area contributed by atoms with Gasteiger partial charge in [-0.25, -0.2) is 0 Å². The predicted molar refractivity (Wildman–Crippen MR) is 118 cm³/mol. The van der Waals surface area contributed by atoms with Crippen LogP contribution in [0.15, 0.2) is 72.8 Å². The molecule has 2 atom stereocenters. The highest BCUT2D eigenvalue weighted by Gasteiger charge is 2.70. The highest BCUT2D eigenvalue weighted by atomic mass is 14.7. The Labute approximate surface area is 169 Å². The van der Waals surface area contributed by atoms with Crippen LogP contribution < -0.4 is 0 Å². The summed E-state index contributed by atoms with van der Waals surface area (Å²) in [7, 11) is 0. The maximum Gasteiger partial charge on any atom is 0.0509 e. The number of benzene rings is 3. The summed E-state index contributed by atoms with van der Waals surface area (Å²) in [5.41, 5.74) is 9.47. The van der Waals surface area contributed by atoms with Gasteiger partial charge in [0.1, 0.15) is 0 Å². The largest absolute Gasteiger partial charge is 0.0622 e. The fourth-order valence-corrected chi connectivity index (χ4v) is 6.23. The Morgan fingerprint density at radius 1 is 0.464 bits per heavy atom. The number of hydrogen-bond acceptors (Lipinski definition) is 0. The summed E-state index contributed by atoms with van der Waals surface area (Å²) in [5, 5.41) is 0. The van der Waals surface area contributed by atoms with E-state index >= 15 is 0 Å². The van der Waals surface area contributed by atoms with E-state index < -0.39 is 0 Å². The molecule has 0 saturated carbocycles. The summed E-state index contributed by atoms with van der Waals surface area (Å²) >= 11 is 0. The molecule has 0 N–H and O–H groups in total. The van der Waals surface area contributed by atoms with Crippen molar-refractivity contribution in [3.8, 4) is 0 Å². The Kier molecular flexibility index (Phi) is 3.28. The number of hydrogen-bond donors (Lipinski definition) is 0. The molecule has 0 saturated heterocycles. The molecule has 0 nitrogen and oxygen atoms in total. The molecule has 28 heavy (non-hydrogen) atoms. The first-order valence-electron chi connectivity index (χ1n) is 10.5. The van der Waals surface area contributed by atoms with Gasteiger partial charge in [0.15, 0.2) is 0 Å². The zero-order valence-electron chi connectivity index (χ0n) is 17.9. The molecule has 3 aromatic carbocycles. The first kappa shape index (κ1) is 17.7. The number of fused-ring (bicyclic) bond motifs is 3. The molecule has 0 bridgehead atoms. The fraction of sp³-hybridized carbons (Fsp3) is 0.357. The van der Waals surface area contributed by atoms with Gasteiger partial charge in [-0.05, 0) is 44.2 Å². The lowest BCUT2D eigenvalue weighted by Crippen LogP contribution is -2.32. The van der Waals surface area contributed by atoms with E-state index in [9.17, 15) is 0 Å². The van der Waals surface area contributed by atoms with Gasteiger partial charge in [-0.2, -0.15) is 0 Å². The lowest BCUT2D eigenvalue weighted by Gasteiger charge is -2.35. The van der Waals surface area contributed by atoms with Gasteiger partial charge >= 0.3 is 0 Å². The molecule has 3 aromatic rings. The first-order valence-corrected chi connectivity index (χ1v) is 10.5. The molecule has 0 aromatic heterocycles. The van der Waals surface area contributed by atoms with Crippen LogP contribution in [0.3, 0.4) is 0 Å². The van der Waals surface area contributed by atoms with Crippen molar-refractivity contribution < 1.29 is 0 Å². The summed E-state index contributed by atoms with van der Waals surface area (Å²) < 4.78 is 0. The Morgan fingerprint density at radius 3 is 1.07 bits per heavy atom. The van der Waals surface area contributed by atoms with Crippen LogP contribution in [0.5, 0.6) is 0 Å². The second-order valence-electron chi connectivity index (χ2n) is 10.6. The molecule has 0 fully saturated rings. The fourth-order valence-electron chi connectivity index (χ4n) is 6.23. The van der Waals surface area contributed by atoms with Gasteiger partial charge in [0, 0.05) is 0 Å². The van der Waals surface area contributed by atoms with Gasteiger partial charge in [-0.1, -0.05) is 114 Å². The zero-order valence-corrected chi connectivity index (χ0v) is 17.9. The van der Waals surface area contributed by atoms with Crippen LogP contribution in [-0.2, 0) is 10.8 Å². The molecule has 0 amide bonds. The predicted octanol–water partition coefficient (Wildman–Crippen LogP) is 7.07. The Hall–Kier alpha value is -2.34. The standard InChI is InChI=1S/C28H30/c1-25(2,3)27(19-13-9-7-10-14-19)21-17-18-22-24(23(21)27)28(22,26(4,5)6)20-15-11-8-12-16-20/h7-18H,1-6H3. The van der Waals surface area contributed by atoms with E-state index in [1.807, 2.05) is 0 Å². The third-order valence-corrected chi connectivity index (χ3v) is 7.30. The second-order valence-corrected chi connectivity index (χ2v) is 10.6. The van der Waals surface area contributed by atoms with Gasteiger partial charge in [0.25, 0.3) is 0 Å². The maximum atomic E-state index is 2.42. The van der Waals surface area contributed by atoms with Crippen LogP contribution in [0.1, 0.15) is 74.9 Å². The van der Waals surface area contributed by atoms with Crippen molar-refractivity contribution in [2.75, 3.05) is 0 Å². The minimum absolute atomic E-state index is 0.0314. The third kappa shape index (κ3) is 1.87. The topological polar surface area (TPSA) is 0 Å². The van der Waals surface area contributed by atoms with E-state index in [0.29, 0.717) is 0 Å². The van der Waals surface area contributed by atoms with E-state index in [1.54, 1.807) is 11.1 Å². The quantitative estimate of drug-likeness (QED) is 0.455. The first-order chi connectivity index (χ1) is 13.2. The van der Waals surface area contributed by atoms with Crippen molar-refractivity contribution in [1.29, 1.82) is 0 Å². The molecule has 0 aliphatic heterocycles. The Bertz CT molecular complexity index is 972. The van der Waals surface area contributed by atoms with Gasteiger partial charge in [0.05, 0.1) is 10.8 Å². The smallest absolute Gasteiger partial charge is 0.0509 e. The van der Waals surface area contributed by atoms with E-state index in [1.165, 1.54) is 22.3 Å². The van der Waals surface area contributed by atoms with Crippen LogP contribution in [0, 0.1) is 10.8 Å². The van der Waals surface area contributed by atoms with Gasteiger partial charge < -0.3 is 0 Å². The van der Waals surface area contributed by atoms with Crippen molar-refractivity contribution in [2.24, 2.45) is 10.8 Å². The van der Waals surface area contributed by atoms with Crippen molar-refractivity contribution in [3.63, 3.8) is 0 Å². The normalized spacial score (nSPS) is 25.1. The SMILES string of the molecule is CC(C)(C)C1(c2ccccc2)c2ccc3c(c21)C3(c1ccccc1)C(C)(C)C. The van der Waals surface area contributed by atoms with E-state index in [2.05, 4.69) is 114 Å². The van der Waals surface area contributed by atoms with Crippen LogP contribution in [-0.4, -0.2) is 0 Å². The number of rotatable bonds is 2. The van der Waals surface area contributed by atoms with Crippen LogP contribution in [0.4, 0.5) is 0 Å². The van der Waals surface area contributed by atoms with Gasteiger partial charge in [-0.3, -0.25) is 0 Å². The minimum atomic E-state index is 0.0314. The van der Waals surface area contributed by atoms with Crippen LogP contribution in [0.25, 0.3) is 0 Å². The molecular formula is C28H30. The van der Waals surface area contributed by atoms with E-state index in [0.717, 1.165) is 0 Å². The van der Waals surface area contributed by atoms with Crippen molar-refractivity contribution in [2.45, 2.75) is 52.4 Å². The average Bonchev–Trinajstić information content (AvgIpc) is 3.51. The second kappa shape index (κ2) is 5.17. The van der Waals surface area contributed by atoms with Crippen molar-refractivity contribution in [1.82, 2.24) is 0 Å². The third-order valence-electron chi connectivity index (χ3n) is 7.30. The summed E-state index contributed by atoms with van der Waals surface area (Å²) in [5.74, 6) is 0. The molecule has 2 unspecified atom stereocenters. The zero-order chi connectivity index (χ0) is 19.9. The highest BCUT2D eigenvalue weighted by molar-refractivity contribution is 5.84. The molecule has 142 valence electrons. The highest BCUT2D eigenvalue weighted by Crippen LogP contribution is 2.75. The Morgan fingerprint density at radius 2 is 0.786 bits per heavy atom. The van der Waals surface area contributed by atoms with Crippen LogP contribution in [0.2, 0.25) is 0 Å². The summed E-state index contributed by atoms with van der Waals surface area (Å²) in [6, 6.07) is 27.1. The van der Waals surface area contributed by atoms with Gasteiger partial charge in [-0.15, -0.1) is 0 Å². The average molecular weight is 367 g/mol. The molecule has 0 spiro atoms. The maximum absolute atomic E-state index is 2.42. The van der Waals surface area contributed by atoms with Crippen molar-refractivity contribution in [3.05, 3.63) is 106 Å². The molecule has 2 aliphatic rings. The monoisotopic (exact) mass is 366 g/mol. The van der Waals surface area contributed by atoms with Gasteiger partial charge in [0.2, 0.25) is 0 Å². The van der Waals surface area contributed by atoms with E-state index in [-0.39, 0.29) is 21.7 Å². The van der Waals surface area contributed by atoms with Crippen molar-refractivity contribution >= 4 is 0 Å². The molecule has 0 heteroatoms. The molecule has 5 rings (SSSR count). The minimum Gasteiger partial charge on any atom is -0.0622 e. The molecule has 2 aliphatic carbocycles.